The molecule has 0 radical (unpaired) electrons. The molecule has 0 aromatic heterocycles. The zero-order valence-electron chi connectivity index (χ0n) is 18.5. The van der Waals surface area contributed by atoms with Crippen LogP contribution >= 0.6 is 0 Å². The first-order chi connectivity index (χ1) is 14.3. The molecule has 4 atom stereocenters. The summed E-state index contributed by atoms with van der Waals surface area (Å²) in [5, 5.41) is 20.4. The van der Waals surface area contributed by atoms with E-state index in [4.69, 9.17) is 0 Å². The van der Waals surface area contributed by atoms with Gasteiger partial charge in [-0.15, -0.1) is 0 Å². The molecule has 0 aliphatic heterocycles. The van der Waals surface area contributed by atoms with Crippen molar-refractivity contribution in [2.24, 2.45) is 11.8 Å². The topological polar surface area (TPSA) is 101 Å². The van der Waals surface area contributed by atoms with E-state index >= 15 is 0 Å². The van der Waals surface area contributed by atoms with Gasteiger partial charge in [0.15, 0.2) is 0 Å². The second-order valence-corrected chi connectivity index (χ2v) is 8.11. The van der Waals surface area contributed by atoms with Gasteiger partial charge in [-0.2, -0.15) is 0 Å². The number of aliphatic hydroxyl groups excluding tert-OH is 2. The molecule has 6 nitrogen and oxygen atoms in total. The van der Waals surface area contributed by atoms with Crippen LogP contribution in [0.2, 0.25) is 0 Å². The van der Waals surface area contributed by atoms with Gasteiger partial charge < -0.3 is 14.9 Å². The number of unbranched alkanes of at least 4 members (excludes halogenated alkanes) is 3. The van der Waals surface area contributed by atoms with Crippen LogP contribution in [0.1, 0.15) is 78.1 Å². The molecule has 1 aliphatic rings. The highest BCUT2D eigenvalue weighted by Gasteiger charge is 2.39. The number of aliphatic hydroxyl groups is 2. The molecule has 6 heteroatoms. The van der Waals surface area contributed by atoms with Crippen molar-refractivity contribution < 1.29 is 29.3 Å². The number of Topliss-reactive ketones (excluding diaryl/α,β-unsaturated/α-hetero) is 2. The standard InChI is InChI=1S/C24H38O6/c1-4-11-17(3)20(25)15-10-13-19-18(22(27)16-23(19)28)12-8-6-7-9-14-21(26)24(29)30-5-2/h10,13,18-20,23,25,28H,3-9,11-12,14-16H2,1-2H3/t18-,19-,20?,23-/m1/s1. The fourth-order valence-corrected chi connectivity index (χ4v) is 3.93. The number of ketones is 2. The van der Waals surface area contributed by atoms with Crippen molar-refractivity contribution in [1.29, 1.82) is 0 Å². The van der Waals surface area contributed by atoms with E-state index in [0.29, 0.717) is 19.3 Å². The number of hydrogen-bond donors (Lipinski definition) is 2. The molecule has 1 aliphatic carbocycles. The lowest BCUT2D eigenvalue weighted by Gasteiger charge is -2.18. The van der Waals surface area contributed by atoms with Gasteiger partial charge in [0.1, 0.15) is 5.78 Å². The largest absolute Gasteiger partial charge is 0.460 e. The number of ether oxygens (including phenoxy) is 1. The number of carbonyl (C=O) groups is 3. The highest BCUT2D eigenvalue weighted by Crippen LogP contribution is 2.34. The van der Waals surface area contributed by atoms with Crippen LogP contribution in [0, 0.1) is 11.8 Å². The maximum atomic E-state index is 12.3. The van der Waals surface area contributed by atoms with Crippen LogP contribution in [0.5, 0.6) is 0 Å². The number of hydrogen-bond acceptors (Lipinski definition) is 6. The first kappa shape index (κ1) is 26.2. The predicted molar refractivity (Wildman–Crippen MR) is 116 cm³/mol. The van der Waals surface area contributed by atoms with E-state index in [1.165, 1.54) is 0 Å². The van der Waals surface area contributed by atoms with E-state index in [0.717, 1.165) is 37.7 Å². The molecule has 0 heterocycles. The van der Waals surface area contributed by atoms with Crippen LogP contribution < -0.4 is 0 Å². The number of carbonyl (C=O) groups excluding carboxylic acids is 3. The van der Waals surface area contributed by atoms with Crippen molar-refractivity contribution in [2.75, 3.05) is 6.61 Å². The molecule has 0 aromatic rings. The van der Waals surface area contributed by atoms with E-state index in [1.807, 2.05) is 19.1 Å². The summed E-state index contributed by atoms with van der Waals surface area (Å²) in [6, 6.07) is 0. The highest BCUT2D eigenvalue weighted by atomic mass is 16.5. The first-order valence-electron chi connectivity index (χ1n) is 11.2. The summed E-state index contributed by atoms with van der Waals surface area (Å²) >= 11 is 0. The SMILES string of the molecule is C=C(CCC)C(O)CC=C[C@H]1[C@H](O)CC(=O)[C@@H]1CCCCCCC(=O)C(=O)OCC. The van der Waals surface area contributed by atoms with Crippen LogP contribution in [0.3, 0.4) is 0 Å². The van der Waals surface area contributed by atoms with Crippen molar-refractivity contribution in [3.8, 4) is 0 Å². The third kappa shape index (κ3) is 8.92. The predicted octanol–water partition coefficient (Wildman–Crippen LogP) is 3.69. The maximum Gasteiger partial charge on any atom is 0.374 e. The lowest BCUT2D eigenvalue weighted by molar-refractivity contribution is -0.153. The van der Waals surface area contributed by atoms with Gasteiger partial charge >= 0.3 is 5.97 Å². The Labute approximate surface area is 180 Å². The minimum atomic E-state index is -0.763. The molecule has 1 fully saturated rings. The molecule has 170 valence electrons. The van der Waals surface area contributed by atoms with Gasteiger partial charge in [-0.05, 0) is 38.2 Å². The average molecular weight is 423 g/mol. The highest BCUT2D eigenvalue weighted by molar-refractivity contribution is 6.33. The molecular weight excluding hydrogens is 384 g/mol. The minimum Gasteiger partial charge on any atom is -0.460 e. The Morgan fingerprint density at radius 1 is 1.20 bits per heavy atom. The van der Waals surface area contributed by atoms with Crippen molar-refractivity contribution in [3.05, 3.63) is 24.3 Å². The molecule has 0 aromatic carbocycles. The summed E-state index contributed by atoms with van der Waals surface area (Å²) in [7, 11) is 0. The van der Waals surface area contributed by atoms with Gasteiger partial charge in [0, 0.05) is 24.7 Å². The van der Waals surface area contributed by atoms with Crippen molar-refractivity contribution >= 4 is 17.5 Å². The Bertz CT molecular complexity index is 609. The van der Waals surface area contributed by atoms with Crippen molar-refractivity contribution in [1.82, 2.24) is 0 Å². The van der Waals surface area contributed by atoms with E-state index in [9.17, 15) is 24.6 Å². The number of esters is 1. The van der Waals surface area contributed by atoms with Crippen LogP contribution in [0.25, 0.3) is 0 Å². The van der Waals surface area contributed by atoms with Gasteiger partial charge in [-0.1, -0.05) is 51.3 Å². The van der Waals surface area contributed by atoms with Crippen LogP contribution in [0.4, 0.5) is 0 Å². The summed E-state index contributed by atoms with van der Waals surface area (Å²) in [4.78, 5) is 35.1. The van der Waals surface area contributed by atoms with Gasteiger partial charge in [0.25, 0.3) is 0 Å². The van der Waals surface area contributed by atoms with Gasteiger partial charge in [0.05, 0.1) is 18.8 Å². The van der Waals surface area contributed by atoms with E-state index in [-0.39, 0.29) is 37.1 Å². The maximum absolute atomic E-state index is 12.3. The quantitative estimate of drug-likeness (QED) is 0.181. The zero-order valence-corrected chi connectivity index (χ0v) is 18.5. The third-order valence-electron chi connectivity index (χ3n) is 5.66. The fraction of sp³-hybridized carbons (Fsp3) is 0.708. The fourth-order valence-electron chi connectivity index (χ4n) is 3.93. The van der Waals surface area contributed by atoms with Gasteiger partial charge in [0.2, 0.25) is 5.78 Å². The molecule has 0 amide bonds. The summed E-state index contributed by atoms with van der Waals surface area (Å²) in [6.45, 7) is 7.81. The van der Waals surface area contributed by atoms with Crippen molar-refractivity contribution in [2.45, 2.75) is 90.3 Å². The summed E-state index contributed by atoms with van der Waals surface area (Å²) in [5.41, 5.74) is 0.809. The van der Waals surface area contributed by atoms with E-state index < -0.39 is 24.0 Å². The van der Waals surface area contributed by atoms with Crippen LogP contribution in [-0.4, -0.2) is 46.6 Å². The first-order valence-corrected chi connectivity index (χ1v) is 11.2. The van der Waals surface area contributed by atoms with Crippen molar-refractivity contribution in [3.63, 3.8) is 0 Å². The summed E-state index contributed by atoms with van der Waals surface area (Å²) < 4.78 is 4.68. The lowest BCUT2D eigenvalue weighted by atomic mass is 9.88. The molecule has 0 spiro atoms. The molecule has 0 bridgehead atoms. The summed E-state index contributed by atoms with van der Waals surface area (Å²) in [6.07, 6.45) is 8.83. The molecule has 30 heavy (non-hydrogen) atoms. The molecular formula is C24H38O6. The third-order valence-corrected chi connectivity index (χ3v) is 5.66. The van der Waals surface area contributed by atoms with Crippen LogP contribution in [-0.2, 0) is 19.1 Å². The Morgan fingerprint density at radius 2 is 1.90 bits per heavy atom. The lowest BCUT2D eigenvalue weighted by Crippen LogP contribution is -2.19. The molecule has 1 saturated carbocycles. The van der Waals surface area contributed by atoms with Crippen LogP contribution in [0.15, 0.2) is 24.3 Å². The summed E-state index contributed by atoms with van der Waals surface area (Å²) in [5.74, 6) is -1.57. The smallest absolute Gasteiger partial charge is 0.374 e. The van der Waals surface area contributed by atoms with Gasteiger partial charge in [-0.25, -0.2) is 4.79 Å². The second-order valence-electron chi connectivity index (χ2n) is 8.11. The Kier molecular flexibility index (Phi) is 12.5. The molecule has 1 rings (SSSR count). The molecule has 0 saturated heterocycles. The van der Waals surface area contributed by atoms with Gasteiger partial charge in [-0.3, -0.25) is 9.59 Å². The minimum absolute atomic E-state index is 0.0885. The molecule has 1 unspecified atom stereocenters. The molecule has 2 N–H and O–H groups in total. The van der Waals surface area contributed by atoms with E-state index in [2.05, 4.69) is 11.3 Å². The second kappa shape index (κ2) is 14.3. The average Bonchev–Trinajstić information content (AvgIpc) is 2.97. The Hall–Kier alpha value is -1.79. The normalized spacial score (nSPS) is 22.4. The zero-order chi connectivity index (χ0) is 22.5. The number of rotatable bonds is 15. The Morgan fingerprint density at radius 3 is 2.57 bits per heavy atom. The Balaban J connectivity index is 2.38. The van der Waals surface area contributed by atoms with E-state index in [1.54, 1.807) is 6.92 Å². The monoisotopic (exact) mass is 422 g/mol.